The van der Waals surface area contributed by atoms with Crippen molar-refractivity contribution in [1.29, 1.82) is 0 Å². The highest BCUT2D eigenvalue weighted by atomic mass is 16.6. The molecule has 4 aliphatic carbocycles. The number of carbonyl (C=O) groups is 4. The molecular formula is C33H50O8. The zero-order valence-electron chi connectivity index (χ0n) is 26.1. The van der Waals surface area contributed by atoms with Crippen molar-refractivity contribution in [2.75, 3.05) is 0 Å². The molecule has 12 atom stereocenters. The smallest absolute Gasteiger partial charge is 0.303 e. The molecule has 0 aromatic heterocycles. The molecule has 0 heterocycles. The Morgan fingerprint density at radius 3 is 2.15 bits per heavy atom. The monoisotopic (exact) mass is 574 g/mol. The predicted molar refractivity (Wildman–Crippen MR) is 152 cm³/mol. The molecule has 3 fully saturated rings. The summed E-state index contributed by atoms with van der Waals surface area (Å²) >= 11 is 0. The summed E-state index contributed by atoms with van der Waals surface area (Å²) in [4.78, 5) is 51.3. The molecule has 230 valence electrons. The van der Waals surface area contributed by atoms with E-state index >= 15 is 0 Å². The molecule has 0 aliphatic heterocycles. The van der Waals surface area contributed by atoms with Gasteiger partial charge < -0.3 is 19.3 Å². The van der Waals surface area contributed by atoms with Crippen LogP contribution < -0.4 is 0 Å². The number of hydrogen-bond donors (Lipinski definition) is 1. The molecular weight excluding hydrogens is 524 g/mol. The number of esters is 3. The maximum Gasteiger partial charge on any atom is 0.303 e. The first-order chi connectivity index (χ1) is 19.1. The van der Waals surface area contributed by atoms with E-state index in [9.17, 15) is 24.3 Å². The number of carbonyl (C=O) groups excluding carboxylic acids is 4. The van der Waals surface area contributed by atoms with Crippen molar-refractivity contribution in [3.8, 4) is 0 Å². The minimum absolute atomic E-state index is 0.0690. The topological polar surface area (TPSA) is 116 Å². The Morgan fingerprint density at radius 2 is 1.56 bits per heavy atom. The fourth-order valence-electron chi connectivity index (χ4n) is 9.90. The Balaban J connectivity index is 1.88. The van der Waals surface area contributed by atoms with Gasteiger partial charge in [0.05, 0.1) is 6.10 Å². The summed E-state index contributed by atoms with van der Waals surface area (Å²) in [6.07, 6.45) is 5.13. The maximum absolute atomic E-state index is 13.7. The first kappa shape index (κ1) is 31.7. The summed E-state index contributed by atoms with van der Waals surface area (Å²) in [5.74, 6) is -2.12. The van der Waals surface area contributed by atoms with Crippen LogP contribution in [0.3, 0.4) is 0 Å². The second kappa shape index (κ2) is 11.8. The number of ketones is 1. The normalized spacial score (nSPS) is 42.1. The Morgan fingerprint density at radius 1 is 0.951 bits per heavy atom. The summed E-state index contributed by atoms with van der Waals surface area (Å²) < 4.78 is 18.2. The number of allylic oxidation sites excluding steroid dienone is 2. The third-order valence-electron chi connectivity index (χ3n) is 11.1. The van der Waals surface area contributed by atoms with Gasteiger partial charge in [-0.1, -0.05) is 60.0 Å². The number of hydrogen-bond acceptors (Lipinski definition) is 8. The van der Waals surface area contributed by atoms with Crippen molar-refractivity contribution in [3.63, 3.8) is 0 Å². The van der Waals surface area contributed by atoms with Crippen molar-refractivity contribution in [2.45, 2.75) is 118 Å². The van der Waals surface area contributed by atoms with Gasteiger partial charge in [-0.2, -0.15) is 0 Å². The molecule has 1 N–H and O–H groups in total. The van der Waals surface area contributed by atoms with Crippen LogP contribution in [0.25, 0.3) is 0 Å². The highest BCUT2D eigenvalue weighted by molar-refractivity contribution is 5.96. The molecule has 4 rings (SSSR count). The van der Waals surface area contributed by atoms with Crippen LogP contribution >= 0.6 is 0 Å². The van der Waals surface area contributed by atoms with Crippen molar-refractivity contribution in [2.24, 2.45) is 52.3 Å². The molecule has 4 aliphatic rings. The average Bonchev–Trinajstić information content (AvgIpc) is 3.05. The lowest BCUT2D eigenvalue weighted by Crippen LogP contribution is -2.65. The summed E-state index contributed by atoms with van der Waals surface area (Å²) in [5, 5.41) is 11.5. The quantitative estimate of drug-likeness (QED) is 0.316. The molecule has 0 aromatic rings. The molecule has 0 spiro atoms. The van der Waals surface area contributed by atoms with Crippen LogP contribution in [-0.4, -0.2) is 53.2 Å². The van der Waals surface area contributed by atoms with E-state index in [4.69, 9.17) is 14.2 Å². The lowest BCUT2D eigenvalue weighted by Gasteiger charge is -2.62. The lowest BCUT2D eigenvalue weighted by atomic mass is 9.43. The van der Waals surface area contributed by atoms with Gasteiger partial charge in [-0.25, -0.2) is 0 Å². The fraction of sp³-hybridized carbons (Fsp3) is 0.818. The van der Waals surface area contributed by atoms with E-state index in [0.29, 0.717) is 25.2 Å². The molecule has 0 aromatic carbocycles. The minimum Gasteiger partial charge on any atom is -0.462 e. The van der Waals surface area contributed by atoms with Crippen molar-refractivity contribution >= 4 is 23.7 Å². The summed E-state index contributed by atoms with van der Waals surface area (Å²) in [7, 11) is 0. The zero-order chi connectivity index (χ0) is 30.4. The third-order valence-corrected chi connectivity index (χ3v) is 11.1. The second-order valence-electron chi connectivity index (χ2n) is 14.2. The van der Waals surface area contributed by atoms with Crippen LogP contribution in [-0.2, 0) is 33.4 Å². The predicted octanol–water partition coefficient (Wildman–Crippen LogP) is 5.05. The molecule has 3 saturated carbocycles. The van der Waals surface area contributed by atoms with Gasteiger partial charge >= 0.3 is 17.9 Å². The standard InChI is InChI=1S/C33H50O8/c1-17(2)11-9-12-18(3)27-30(40-20(5)35)31(41-21(6)36)29-22-15-24(37)23-13-10-14-26(38)33(23,8)28(22)25(39-19(4)34)16-32(27,29)7/h10,14,17-18,22-25,27-31,37H,9,11-13,15-16H2,1-8H3/t18-,22?,23?,24-,25-,27?,28?,29?,30-,31+,32-,33-/m1/s1. The average molecular weight is 575 g/mol. The molecule has 0 saturated heterocycles. The van der Waals surface area contributed by atoms with Crippen molar-refractivity contribution in [3.05, 3.63) is 12.2 Å². The van der Waals surface area contributed by atoms with E-state index < -0.39 is 53.2 Å². The molecule has 0 amide bonds. The molecule has 8 heteroatoms. The van der Waals surface area contributed by atoms with Crippen LogP contribution in [0.15, 0.2) is 12.2 Å². The van der Waals surface area contributed by atoms with E-state index in [1.165, 1.54) is 20.8 Å². The van der Waals surface area contributed by atoms with E-state index in [0.717, 1.165) is 19.3 Å². The van der Waals surface area contributed by atoms with E-state index in [2.05, 4.69) is 27.7 Å². The second-order valence-corrected chi connectivity index (χ2v) is 14.2. The van der Waals surface area contributed by atoms with Gasteiger partial charge in [0.15, 0.2) is 5.78 Å². The van der Waals surface area contributed by atoms with Gasteiger partial charge in [-0.15, -0.1) is 0 Å². The van der Waals surface area contributed by atoms with E-state index in [1.54, 1.807) is 6.08 Å². The largest absolute Gasteiger partial charge is 0.462 e. The van der Waals surface area contributed by atoms with Gasteiger partial charge in [0.1, 0.15) is 18.3 Å². The molecule has 5 unspecified atom stereocenters. The Bertz CT molecular complexity index is 1070. The van der Waals surface area contributed by atoms with Gasteiger partial charge in [0.25, 0.3) is 0 Å². The summed E-state index contributed by atoms with van der Waals surface area (Å²) in [6.45, 7) is 14.8. The molecule has 8 nitrogen and oxygen atoms in total. The summed E-state index contributed by atoms with van der Waals surface area (Å²) in [5.41, 5.74) is -1.49. The number of ether oxygens (including phenoxy) is 3. The van der Waals surface area contributed by atoms with Crippen LogP contribution in [0, 0.1) is 52.3 Å². The van der Waals surface area contributed by atoms with Crippen LogP contribution in [0.2, 0.25) is 0 Å². The van der Waals surface area contributed by atoms with Crippen molar-refractivity contribution < 1.29 is 38.5 Å². The minimum atomic E-state index is -0.947. The number of rotatable bonds is 8. The van der Waals surface area contributed by atoms with E-state index in [-0.39, 0.29) is 41.3 Å². The number of aliphatic hydroxyl groups excluding tert-OH is 1. The SMILES string of the molecule is CC(=O)O[C@@H]1C([C@H](C)CCCC(C)C)[C@@]2(C)C[C@@H](OC(C)=O)C3C(C[C@@H](O)C4CC=CC(=O)[C@@]43C)C2[C@@H]1OC(C)=O. The molecule has 0 bridgehead atoms. The van der Waals surface area contributed by atoms with Crippen molar-refractivity contribution in [1.82, 2.24) is 0 Å². The van der Waals surface area contributed by atoms with Crippen LogP contribution in [0.1, 0.15) is 93.9 Å². The molecule has 0 radical (unpaired) electrons. The molecule has 41 heavy (non-hydrogen) atoms. The van der Waals surface area contributed by atoms with Gasteiger partial charge in [0.2, 0.25) is 0 Å². The Hall–Kier alpha value is -2.22. The first-order valence-electron chi connectivity index (χ1n) is 15.5. The van der Waals surface area contributed by atoms with E-state index in [1.807, 2.05) is 13.0 Å². The van der Waals surface area contributed by atoms with Gasteiger partial charge in [0, 0.05) is 49.9 Å². The fourth-order valence-corrected chi connectivity index (χ4v) is 9.90. The first-order valence-corrected chi connectivity index (χ1v) is 15.5. The van der Waals surface area contributed by atoms with Gasteiger partial charge in [-0.05, 0) is 48.5 Å². The van der Waals surface area contributed by atoms with Gasteiger partial charge in [-0.3, -0.25) is 19.2 Å². The zero-order valence-corrected chi connectivity index (χ0v) is 26.1. The lowest BCUT2D eigenvalue weighted by molar-refractivity contribution is -0.213. The highest BCUT2D eigenvalue weighted by Gasteiger charge is 2.72. The summed E-state index contributed by atoms with van der Waals surface area (Å²) in [6, 6.07) is 0. The number of fused-ring (bicyclic) bond motifs is 5. The highest BCUT2D eigenvalue weighted by Crippen LogP contribution is 2.69. The number of aliphatic hydroxyl groups is 1. The Kier molecular flexibility index (Phi) is 9.14. The Labute approximate surface area is 244 Å². The van der Waals surface area contributed by atoms with Crippen LogP contribution in [0.4, 0.5) is 0 Å². The maximum atomic E-state index is 13.7. The van der Waals surface area contributed by atoms with Crippen LogP contribution in [0.5, 0.6) is 0 Å². The third kappa shape index (κ3) is 5.62.